The lowest BCUT2D eigenvalue weighted by atomic mass is 10.1. The standard InChI is InChI=1S/C25H33N2O4P/c1-19(2)30-32(29,31-20(3)4)27-18-8-11-24(27)25(28)26-23-16-14-22(15-17-23)13-12-21-9-6-5-7-10-21/h5-7,9-10,12-17,19-20,24H,8,11,18H2,1-4H3,(H,26,28)/b13-12+/t24-/m0/s1. The van der Waals surface area contributed by atoms with Crippen molar-refractivity contribution in [2.75, 3.05) is 11.9 Å². The van der Waals surface area contributed by atoms with E-state index in [0.29, 0.717) is 18.7 Å². The van der Waals surface area contributed by atoms with Gasteiger partial charge in [-0.1, -0.05) is 54.6 Å². The number of benzene rings is 2. The number of rotatable bonds is 9. The second-order valence-corrected chi connectivity index (χ2v) is 10.3. The van der Waals surface area contributed by atoms with Crippen LogP contribution < -0.4 is 5.32 Å². The number of anilines is 1. The zero-order valence-corrected chi connectivity index (χ0v) is 20.1. The molecule has 32 heavy (non-hydrogen) atoms. The fourth-order valence-corrected chi connectivity index (χ4v) is 5.96. The predicted octanol–water partition coefficient (Wildman–Crippen LogP) is 6.22. The Kier molecular flexibility index (Phi) is 8.44. The average Bonchev–Trinajstić information content (AvgIpc) is 3.24. The van der Waals surface area contributed by atoms with Crippen LogP contribution in [0.5, 0.6) is 0 Å². The third-order valence-corrected chi connectivity index (χ3v) is 7.46. The van der Waals surface area contributed by atoms with E-state index >= 15 is 0 Å². The van der Waals surface area contributed by atoms with Crippen LogP contribution in [-0.2, 0) is 18.4 Å². The van der Waals surface area contributed by atoms with Gasteiger partial charge in [0.25, 0.3) is 0 Å². The van der Waals surface area contributed by atoms with Gasteiger partial charge < -0.3 is 5.32 Å². The molecule has 2 aromatic carbocycles. The van der Waals surface area contributed by atoms with Crippen LogP contribution in [0, 0.1) is 0 Å². The van der Waals surface area contributed by atoms with Gasteiger partial charge in [0.2, 0.25) is 5.91 Å². The quantitative estimate of drug-likeness (QED) is 0.358. The predicted molar refractivity (Wildman–Crippen MR) is 130 cm³/mol. The molecule has 1 saturated heterocycles. The molecule has 0 radical (unpaired) electrons. The summed E-state index contributed by atoms with van der Waals surface area (Å²) in [6, 6.07) is 17.2. The number of nitrogens with zero attached hydrogens (tertiary/aromatic N) is 1. The highest BCUT2D eigenvalue weighted by Crippen LogP contribution is 2.57. The lowest BCUT2D eigenvalue weighted by molar-refractivity contribution is -0.119. The maximum atomic E-state index is 13.5. The topological polar surface area (TPSA) is 67.9 Å². The van der Waals surface area contributed by atoms with E-state index in [9.17, 15) is 9.36 Å². The average molecular weight is 457 g/mol. The molecule has 0 unspecified atom stereocenters. The van der Waals surface area contributed by atoms with Gasteiger partial charge in [-0.15, -0.1) is 0 Å². The highest BCUT2D eigenvalue weighted by atomic mass is 31.2. The molecule has 0 bridgehead atoms. The van der Waals surface area contributed by atoms with Crippen molar-refractivity contribution >= 4 is 31.5 Å². The number of amides is 1. The Balaban J connectivity index is 1.67. The summed E-state index contributed by atoms with van der Waals surface area (Å²) in [7, 11) is -3.58. The van der Waals surface area contributed by atoms with E-state index in [0.717, 1.165) is 17.5 Å². The van der Waals surface area contributed by atoms with Crippen molar-refractivity contribution in [3.8, 4) is 0 Å². The first-order chi connectivity index (χ1) is 15.3. The van der Waals surface area contributed by atoms with Gasteiger partial charge in [0.1, 0.15) is 0 Å². The minimum absolute atomic E-state index is 0.199. The molecule has 172 valence electrons. The molecule has 1 N–H and O–H groups in total. The van der Waals surface area contributed by atoms with Crippen molar-refractivity contribution in [3.05, 3.63) is 65.7 Å². The van der Waals surface area contributed by atoms with Gasteiger partial charge in [-0.25, -0.2) is 4.57 Å². The zero-order chi connectivity index (χ0) is 23.1. The van der Waals surface area contributed by atoms with E-state index in [2.05, 4.69) is 5.32 Å². The molecule has 7 heteroatoms. The van der Waals surface area contributed by atoms with Crippen LogP contribution in [-0.4, -0.2) is 35.4 Å². The Morgan fingerprint density at radius 3 is 2.09 bits per heavy atom. The molecule has 2 aromatic rings. The van der Waals surface area contributed by atoms with E-state index in [-0.39, 0.29) is 18.1 Å². The minimum Gasteiger partial charge on any atom is -0.325 e. The summed E-state index contributed by atoms with van der Waals surface area (Å²) in [5.41, 5.74) is 2.86. The molecule has 0 aromatic heterocycles. The SMILES string of the molecule is CC(C)OP(=O)(OC(C)C)N1CCC[C@H]1C(=O)Nc1ccc(/C=C/c2ccccc2)cc1. The Morgan fingerprint density at radius 2 is 1.53 bits per heavy atom. The van der Waals surface area contributed by atoms with E-state index in [1.165, 1.54) is 0 Å². The molecule has 1 aliphatic rings. The van der Waals surface area contributed by atoms with Gasteiger partial charge in [-0.3, -0.25) is 13.8 Å². The van der Waals surface area contributed by atoms with Crippen LogP contribution in [0.4, 0.5) is 5.69 Å². The fourth-order valence-electron chi connectivity index (χ4n) is 3.65. The van der Waals surface area contributed by atoms with Crippen molar-refractivity contribution in [3.63, 3.8) is 0 Å². The molecular weight excluding hydrogens is 423 g/mol. The Hall–Kier alpha value is -2.24. The van der Waals surface area contributed by atoms with E-state index < -0.39 is 13.8 Å². The normalized spacial score (nSPS) is 17.5. The summed E-state index contributed by atoms with van der Waals surface area (Å²) in [5.74, 6) is -0.199. The number of hydrogen-bond acceptors (Lipinski definition) is 4. The maximum absolute atomic E-state index is 13.5. The summed E-state index contributed by atoms with van der Waals surface area (Å²) in [6.07, 6.45) is 4.89. The van der Waals surface area contributed by atoms with Gasteiger partial charge in [0.05, 0.1) is 18.2 Å². The monoisotopic (exact) mass is 456 g/mol. The smallest absolute Gasteiger partial charge is 0.325 e. The van der Waals surface area contributed by atoms with Gasteiger partial charge in [-0.05, 0) is 63.8 Å². The molecule has 0 saturated carbocycles. The number of carbonyl (C=O) groups excluding carboxylic acids is 1. The van der Waals surface area contributed by atoms with E-state index in [1.54, 1.807) is 4.67 Å². The Bertz CT molecular complexity index is 944. The molecule has 0 aliphatic carbocycles. The Morgan fingerprint density at radius 1 is 0.969 bits per heavy atom. The molecule has 6 nitrogen and oxygen atoms in total. The molecule has 1 atom stereocenters. The number of carbonyl (C=O) groups is 1. The number of hydrogen-bond donors (Lipinski definition) is 1. The summed E-state index contributed by atoms with van der Waals surface area (Å²) < 4.78 is 26.6. The highest BCUT2D eigenvalue weighted by molar-refractivity contribution is 7.51. The third-order valence-electron chi connectivity index (χ3n) is 4.98. The van der Waals surface area contributed by atoms with Crippen LogP contribution in [0.25, 0.3) is 12.2 Å². The van der Waals surface area contributed by atoms with Crippen LogP contribution in [0.1, 0.15) is 51.7 Å². The molecule has 3 rings (SSSR count). The Labute approximate surface area is 191 Å². The molecule has 1 amide bonds. The summed E-state index contributed by atoms with van der Waals surface area (Å²) >= 11 is 0. The molecule has 1 aliphatic heterocycles. The van der Waals surface area contributed by atoms with Crippen molar-refractivity contribution in [2.24, 2.45) is 0 Å². The van der Waals surface area contributed by atoms with Crippen molar-refractivity contribution in [1.82, 2.24) is 4.67 Å². The largest absolute Gasteiger partial charge is 0.409 e. The van der Waals surface area contributed by atoms with Crippen LogP contribution >= 0.6 is 7.75 Å². The van der Waals surface area contributed by atoms with Gasteiger partial charge >= 0.3 is 7.75 Å². The second kappa shape index (κ2) is 11.1. The fraction of sp³-hybridized carbons (Fsp3) is 0.400. The van der Waals surface area contributed by atoms with Gasteiger partial charge in [0, 0.05) is 12.2 Å². The summed E-state index contributed by atoms with van der Waals surface area (Å²) in [6.45, 7) is 7.76. The van der Waals surface area contributed by atoms with Crippen molar-refractivity contribution in [2.45, 2.75) is 58.8 Å². The summed E-state index contributed by atoms with van der Waals surface area (Å²) in [5, 5.41) is 2.96. The van der Waals surface area contributed by atoms with E-state index in [4.69, 9.17) is 9.05 Å². The first-order valence-corrected chi connectivity index (χ1v) is 12.6. The van der Waals surface area contributed by atoms with Crippen LogP contribution in [0.3, 0.4) is 0 Å². The molecular formula is C25H33N2O4P. The van der Waals surface area contributed by atoms with Gasteiger partial charge in [0.15, 0.2) is 0 Å². The summed E-state index contributed by atoms with van der Waals surface area (Å²) in [4.78, 5) is 13.0. The third kappa shape index (κ3) is 6.63. The van der Waals surface area contributed by atoms with Gasteiger partial charge in [-0.2, -0.15) is 4.67 Å². The minimum atomic E-state index is -3.58. The molecule has 1 fully saturated rings. The lowest BCUT2D eigenvalue weighted by Crippen LogP contribution is -2.39. The maximum Gasteiger partial charge on any atom is 0.409 e. The molecule has 1 heterocycles. The second-order valence-electron chi connectivity index (χ2n) is 8.45. The van der Waals surface area contributed by atoms with E-state index in [1.807, 2.05) is 94.4 Å². The lowest BCUT2D eigenvalue weighted by Gasteiger charge is -2.33. The zero-order valence-electron chi connectivity index (χ0n) is 19.2. The van der Waals surface area contributed by atoms with Crippen molar-refractivity contribution < 1.29 is 18.4 Å². The first kappa shape index (κ1) is 24.4. The number of nitrogens with one attached hydrogen (secondary N) is 1. The van der Waals surface area contributed by atoms with Crippen LogP contribution in [0.15, 0.2) is 54.6 Å². The first-order valence-electron chi connectivity index (χ1n) is 11.1. The highest BCUT2D eigenvalue weighted by Gasteiger charge is 2.45. The molecule has 0 spiro atoms. The van der Waals surface area contributed by atoms with Crippen molar-refractivity contribution in [1.29, 1.82) is 0 Å². The van der Waals surface area contributed by atoms with Crippen LogP contribution in [0.2, 0.25) is 0 Å².